The van der Waals surface area contributed by atoms with Crippen LogP contribution in [-0.4, -0.2) is 29.1 Å². The number of hydrogen-bond acceptors (Lipinski definition) is 5. The molecule has 3 aromatic rings. The Morgan fingerprint density at radius 1 is 0.882 bits per heavy atom. The molecule has 2 aliphatic heterocycles. The van der Waals surface area contributed by atoms with Crippen molar-refractivity contribution in [3.8, 4) is 0 Å². The molecule has 34 heavy (non-hydrogen) atoms. The van der Waals surface area contributed by atoms with Crippen LogP contribution in [0.1, 0.15) is 18.1 Å². The second-order valence-electron chi connectivity index (χ2n) is 7.97. The number of nitrogens with zero attached hydrogens (tertiary/aromatic N) is 3. The van der Waals surface area contributed by atoms with Gasteiger partial charge >= 0.3 is 0 Å². The maximum absolute atomic E-state index is 13.7. The smallest absolute Gasteiger partial charge is 0.269 e. The molecule has 5 rings (SSSR count). The van der Waals surface area contributed by atoms with Crippen molar-refractivity contribution in [1.82, 2.24) is 4.90 Å². The van der Waals surface area contributed by atoms with E-state index in [1.165, 1.54) is 17.3 Å². The first-order valence-corrected chi connectivity index (χ1v) is 13.3. The van der Waals surface area contributed by atoms with E-state index < -0.39 is 0 Å². The van der Waals surface area contributed by atoms with Crippen molar-refractivity contribution in [2.75, 3.05) is 18.0 Å². The number of amidine groups is 1. The number of anilines is 1. The van der Waals surface area contributed by atoms with Crippen LogP contribution < -0.4 is 4.90 Å². The van der Waals surface area contributed by atoms with E-state index in [-0.39, 0.29) is 5.91 Å². The summed E-state index contributed by atoms with van der Waals surface area (Å²) in [5.74, 6) is 0.0209. The fourth-order valence-electron chi connectivity index (χ4n) is 4.02. The second kappa shape index (κ2) is 10.3. The quantitative estimate of drug-likeness (QED) is 0.344. The summed E-state index contributed by atoms with van der Waals surface area (Å²) in [6.07, 6.45) is 0.778. The molecule has 0 aliphatic carbocycles. The van der Waals surface area contributed by atoms with Gasteiger partial charge in [-0.1, -0.05) is 84.0 Å². The predicted octanol–water partition coefficient (Wildman–Crippen LogP) is 6.82. The fraction of sp³-hybridized carbons (Fsp3) is 0.185. The third-order valence-electron chi connectivity index (χ3n) is 5.74. The van der Waals surface area contributed by atoms with Gasteiger partial charge in [0.2, 0.25) is 0 Å². The lowest BCUT2D eigenvalue weighted by Crippen LogP contribution is -2.32. The Balaban J connectivity index is 1.47. The van der Waals surface area contributed by atoms with Crippen LogP contribution in [0.3, 0.4) is 0 Å². The number of fused-ring (bicyclic) bond motifs is 1. The Kier molecular flexibility index (Phi) is 6.99. The third kappa shape index (κ3) is 4.76. The number of aliphatic imine (C=N–C) groups is 1. The summed E-state index contributed by atoms with van der Waals surface area (Å²) in [6.45, 7) is 3.99. The normalized spacial score (nSPS) is 18.8. The molecule has 7 heteroatoms. The summed E-state index contributed by atoms with van der Waals surface area (Å²) >= 11 is 9.39. The fourth-order valence-corrected chi connectivity index (χ4v) is 6.56. The lowest BCUT2D eigenvalue weighted by Gasteiger charge is -2.19. The van der Waals surface area contributed by atoms with E-state index in [4.69, 9.17) is 16.6 Å². The maximum atomic E-state index is 13.7. The van der Waals surface area contributed by atoms with Crippen molar-refractivity contribution in [3.05, 3.63) is 105 Å². The van der Waals surface area contributed by atoms with Crippen LogP contribution in [0.2, 0.25) is 5.02 Å². The van der Waals surface area contributed by atoms with E-state index in [1.54, 1.807) is 11.8 Å². The summed E-state index contributed by atoms with van der Waals surface area (Å²) < 4.78 is 0. The molecule has 0 saturated carbocycles. The predicted molar refractivity (Wildman–Crippen MR) is 144 cm³/mol. The molecule has 0 unspecified atom stereocenters. The third-order valence-corrected chi connectivity index (χ3v) is 8.40. The lowest BCUT2D eigenvalue weighted by atomic mass is 10.1. The zero-order valence-corrected chi connectivity index (χ0v) is 21.2. The van der Waals surface area contributed by atoms with Crippen LogP contribution in [-0.2, 0) is 17.8 Å². The first-order valence-electron chi connectivity index (χ1n) is 11.2. The summed E-state index contributed by atoms with van der Waals surface area (Å²) in [5.41, 5.74) is 3.39. The van der Waals surface area contributed by atoms with E-state index in [0.29, 0.717) is 18.1 Å². The molecule has 2 aliphatic rings. The maximum Gasteiger partial charge on any atom is 0.269 e. The van der Waals surface area contributed by atoms with Gasteiger partial charge in [0, 0.05) is 23.0 Å². The van der Waals surface area contributed by atoms with E-state index in [1.807, 2.05) is 59.5 Å². The topological polar surface area (TPSA) is 35.9 Å². The van der Waals surface area contributed by atoms with Gasteiger partial charge in [0.25, 0.3) is 5.91 Å². The number of thioether (sulfide) groups is 2. The zero-order chi connectivity index (χ0) is 23.5. The van der Waals surface area contributed by atoms with Gasteiger partial charge in [-0.3, -0.25) is 14.7 Å². The Morgan fingerprint density at radius 2 is 1.59 bits per heavy atom. The number of carbonyl (C=O) groups excluding carboxylic acids is 1. The number of benzene rings is 3. The molecule has 1 saturated heterocycles. The Bertz CT molecular complexity index is 1260. The first-order chi connectivity index (χ1) is 16.6. The van der Waals surface area contributed by atoms with Crippen molar-refractivity contribution in [2.45, 2.75) is 24.8 Å². The van der Waals surface area contributed by atoms with E-state index in [9.17, 15) is 4.79 Å². The van der Waals surface area contributed by atoms with E-state index in [0.717, 1.165) is 44.2 Å². The molecule has 0 bridgehead atoms. The van der Waals surface area contributed by atoms with Crippen molar-refractivity contribution >= 4 is 51.9 Å². The van der Waals surface area contributed by atoms with Gasteiger partial charge in [-0.2, -0.15) is 0 Å². The average Bonchev–Trinajstić information content (AvgIpc) is 3.38. The van der Waals surface area contributed by atoms with Gasteiger partial charge in [-0.15, -0.1) is 0 Å². The molecule has 0 radical (unpaired) electrons. The summed E-state index contributed by atoms with van der Waals surface area (Å²) in [4.78, 5) is 24.5. The largest absolute Gasteiger partial charge is 0.334 e. The number of amides is 1. The van der Waals surface area contributed by atoms with Crippen molar-refractivity contribution in [1.29, 1.82) is 0 Å². The highest BCUT2D eigenvalue weighted by Gasteiger charge is 2.39. The summed E-state index contributed by atoms with van der Waals surface area (Å²) in [7, 11) is 0. The van der Waals surface area contributed by atoms with Crippen molar-refractivity contribution < 1.29 is 4.79 Å². The van der Waals surface area contributed by atoms with Crippen LogP contribution in [0.5, 0.6) is 0 Å². The van der Waals surface area contributed by atoms with Crippen LogP contribution >= 0.6 is 35.1 Å². The first kappa shape index (κ1) is 23.1. The van der Waals surface area contributed by atoms with E-state index >= 15 is 0 Å². The SMILES string of the molecule is CCN1C(=C2SC(=NCc3ccccc3)N(CCc3ccccc3)C2=O)Sc2ccc(Cl)cc21. The van der Waals surface area contributed by atoms with Gasteiger partial charge in [-0.05, 0) is 54.4 Å². The van der Waals surface area contributed by atoms with Gasteiger partial charge in [0.15, 0.2) is 5.17 Å². The van der Waals surface area contributed by atoms with Crippen molar-refractivity contribution in [2.24, 2.45) is 4.99 Å². The lowest BCUT2D eigenvalue weighted by molar-refractivity contribution is -0.122. The number of rotatable bonds is 6. The van der Waals surface area contributed by atoms with Crippen LogP contribution in [0.25, 0.3) is 0 Å². The highest BCUT2D eigenvalue weighted by molar-refractivity contribution is 8.19. The Labute approximate surface area is 213 Å². The van der Waals surface area contributed by atoms with Gasteiger partial charge in [-0.25, -0.2) is 0 Å². The molecule has 1 fully saturated rings. The molecule has 4 nitrogen and oxygen atoms in total. The molecule has 0 atom stereocenters. The number of hydrogen-bond donors (Lipinski definition) is 0. The van der Waals surface area contributed by atoms with Gasteiger partial charge < -0.3 is 4.90 Å². The number of carbonyl (C=O) groups is 1. The van der Waals surface area contributed by atoms with Crippen molar-refractivity contribution in [3.63, 3.8) is 0 Å². The monoisotopic (exact) mass is 505 g/mol. The number of halogens is 1. The van der Waals surface area contributed by atoms with Crippen LogP contribution in [0.15, 0.2) is 98.7 Å². The minimum absolute atomic E-state index is 0.0209. The van der Waals surface area contributed by atoms with Gasteiger partial charge in [0.05, 0.1) is 12.2 Å². The Morgan fingerprint density at radius 3 is 2.29 bits per heavy atom. The highest BCUT2D eigenvalue weighted by Crippen LogP contribution is 2.51. The highest BCUT2D eigenvalue weighted by atomic mass is 35.5. The minimum atomic E-state index is 0.0209. The molecule has 0 spiro atoms. The molecular formula is C27H24ClN3OS2. The van der Waals surface area contributed by atoms with E-state index in [2.05, 4.69) is 36.1 Å². The standard InChI is InChI=1S/C27H24ClN3OS2/c1-2-30-22-17-21(28)13-14-23(22)33-26(30)24-25(32)31(16-15-19-9-5-3-6-10-19)27(34-24)29-18-20-11-7-4-8-12-20/h3-14,17H,2,15-16,18H2,1H3. The average molecular weight is 506 g/mol. The second-order valence-corrected chi connectivity index (χ2v) is 10.4. The molecule has 0 N–H and O–H groups in total. The molecule has 2 heterocycles. The van der Waals surface area contributed by atoms with Crippen LogP contribution in [0, 0.1) is 0 Å². The molecule has 0 aromatic heterocycles. The van der Waals surface area contributed by atoms with Gasteiger partial charge in [0.1, 0.15) is 9.93 Å². The Hall–Kier alpha value is -2.67. The molecule has 172 valence electrons. The molecule has 1 amide bonds. The molecular weight excluding hydrogens is 482 g/mol. The summed E-state index contributed by atoms with van der Waals surface area (Å²) in [6, 6.07) is 26.3. The summed E-state index contributed by atoms with van der Waals surface area (Å²) in [5, 5.41) is 2.42. The van der Waals surface area contributed by atoms with Crippen LogP contribution in [0.4, 0.5) is 5.69 Å². The molecule has 3 aromatic carbocycles. The minimum Gasteiger partial charge on any atom is -0.334 e. The zero-order valence-electron chi connectivity index (χ0n) is 18.8.